The zero-order chi connectivity index (χ0) is 14.7. The summed E-state index contributed by atoms with van der Waals surface area (Å²) < 4.78 is 6.14. The van der Waals surface area contributed by atoms with E-state index in [0.717, 1.165) is 31.8 Å². The fraction of sp³-hybridized carbons (Fsp3) is 0.667. The van der Waals surface area contributed by atoms with Crippen molar-refractivity contribution in [3.63, 3.8) is 0 Å². The molecule has 0 amide bonds. The van der Waals surface area contributed by atoms with Gasteiger partial charge in [0.1, 0.15) is 11.9 Å². The maximum absolute atomic E-state index is 6.14. The normalized spacial score (nSPS) is 29.1. The van der Waals surface area contributed by atoms with Gasteiger partial charge < -0.3 is 10.1 Å². The summed E-state index contributed by atoms with van der Waals surface area (Å²) in [7, 11) is 0. The van der Waals surface area contributed by atoms with Crippen molar-refractivity contribution in [3.05, 3.63) is 29.8 Å². The monoisotopic (exact) mass is 288 g/mol. The standard InChI is InChI=1S/C18H28N2O/c1-3-7-16-11-19-15(4-2)12-20(16)13-17-10-14-8-5-6-9-18(14)21-17/h5-6,8-9,15-17,19H,3-4,7,10-13H2,1-2H3. The average Bonchev–Trinajstić information content (AvgIpc) is 2.91. The molecule has 2 heterocycles. The Morgan fingerprint density at radius 1 is 1.29 bits per heavy atom. The quantitative estimate of drug-likeness (QED) is 0.901. The van der Waals surface area contributed by atoms with Gasteiger partial charge in [-0.1, -0.05) is 38.5 Å². The number of nitrogens with one attached hydrogen (secondary N) is 1. The van der Waals surface area contributed by atoms with Gasteiger partial charge in [-0.25, -0.2) is 0 Å². The third-order valence-corrected chi connectivity index (χ3v) is 4.88. The number of para-hydroxylation sites is 1. The lowest BCUT2D eigenvalue weighted by molar-refractivity contribution is 0.0749. The van der Waals surface area contributed by atoms with E-state index in [9.17, 15) is 0 Å². The summed E-state index contributed by atoms with van der Waals surface area (Å²) in [4.78, 5) is 2.67. The van der Waals surface area contributed by atoms with Crippen molar-refractivity contribution in [2.24, 2.45) is 0 Å². The van der Waals surface area contributed by atoms with E-state index in [1.54, 1.807) is 0 Å². The lowest BCUT2D eigenvalue weighted by atomic mass is 10.0. The molecule has 3 atom stereocenters. The number of ether oxygens (including phenoxy) is 1. The molecule has 1 N–H and O–H groups in total. The second-order valence-corrected chi connectivity index (χ2v) is 6.46. The van der Waals surface area contributed by atoms with Gasteiger partial charge in [0.15, 0.2) is 0 Å². The van der Waals surface area contributed by atoms with Crippen LogP contribution in [0.25, 0.3) is 0 Å². The lowest BCUT2D eigenvalue weighted by Gasteiger charge is -2.41. The Balaban J connectivity index is 1.62. The highest BCUT2D eigenvalue weighted by Crippen LogP contribution is 2.29. The van der Waals surface area contributed by atoms with Crippen LogP contribution in [0.1, 0.15) is 38.7 Å². The minimum atomic E-state index is 0.331. The molecule has 1 aromatic rings. The Kier molecular flexibility index (Phi) is 4.81. The molecule has 0 bridgehead atoms. The predicted octanol–water partition coefficient (Wildman–Crippen LogP) is 2.84. The molecule has 0 radical (unpaired) electrons. The summed E-state index contributed by atoms with van der Waals surface area (Å²) >= 11 is 0. The first kappa shape index (κ1) is 14.9. The Morgan fingerprint density at radius 3 is 2.90 bits per heavy atom. The molecule has 21 heavy (non-hydrogen) atoms. The zero-order valence-electron chi connectivity index (χ0n) is 13.3. The topological polar surface area (TPSA) is 24.5 Å². The summed E-state index contributed by atoms with van der Waals surface area (Å²) in [5, 5.41) is 3.69. The van der Waals surface area contributed by atoms with Gasteiger partial charge in [0, 0.05) is 38.1 Å². The second-order valence-electron chi connectivity index (χ2n) is 6.46. The number of hydrogen-bond donors (Lipinski definition) is 1. The maximum atomic E-state index is 6.14. The zero-order valence-corrected chi connectivity index (χ0v) is 13.3. The molecule has 3 nitrogen and oxygen atoms in total. The summed E-state index contributed by atoms with van der Waals surface area (Å²) in [5.74, 6) is 1.09. The van der Waals surface area contributed by atoms with Gasteiger partial charge in [0.25, 0.3) is 0 Å². The van der Waals surface area contributed by atoms with Crippen LogP contribution in [0, 0.1) is 0 Å². The number of hydrogen-bond acceptors (Lipinski definition) is 3. The van der Waals surface area contributed by atoms with E-state index in [2.05, 4.69) is 48.3 Å². The Morgan fingerprint density at radius 2 is 2.14 bits per heavy atom. The van der Waals surface area contributed by atoms with E-state index in [1.807, 2.05) is 0 Å². The molecule has 0 spiro atoms. The Hall–Kier alpha value is -1.06. The summed E-state index contributed by atoms with van der Waals surface area (Å²) in [6.07, 6.45) is 5.14. The fourth-order valence-electron chi connectivity index (χ4n) is 3.66. The first-order valence-corrected chi connectivity index (χ1v) is 8.52. The van der Waals surface area contributed by atoms with Crippen molar-refractivity contribution in [2.45, 2.75) is 57.7 Å². The number of fused-ring (bicyclic) bond motifs is 1. The van der Waals surface area contributed by atoms with Crippen LogP contribution in [-0.4, -0.2) is 42.7 Å². The molecule has 116 valence electrons. The van der Waals surface area contributed by atoms with Crippen LogP contribution in [-0.2, 0) is 6.42 Å². The van der Waals surface area contributed by atoms with Gasteiger partial charge in [-0.05, 0) is 24.5 Å². The van der Waals surface area contributed by atoms with E-state index in [4.69, 9.17) is 4.74 Å². The van der Waals surface area contributed by atoms with Crippen LogP contribution in [0.4, 0.5) is 0 Å². The highest BCUT2D eigenvalue weighted by Gasteiger charge is 2.31. The minimum absolute atomic E-state index is 0.331. The molecular formula is C18H28N2O. The molecule has 2 aliphatic rings. The minimum Gasteiger partial charge on any atom is -0.488 e. The van der Waals surface area contributed by atoms with Crippen molar-refractivity contribution in [1.82, 2.24) is 10.2 Å². The number of rotatable bonds is 5. The molecular weight excluding hydrogens is 260 g/mol. The average molecular weight is 288 g/mol. The molecule has 0 aliphatic carbocycles. The van der Waals surface area contributed by atoms with E-state index in [1.165, 1.54) is 24.8 Å². The van der Waals surface area contributed by atoms with E-state index in [-0.39, 0.29) is 0 Å². The van der Waals surface area contributed by atoms with Crippen LogP contribution in [0.2, 0.25) is 0 Å². The van der Waals surface area contributed by atoms with Crippen LogP contribution >= 0.6 is 0 Å². The van der Waals surface area contributed by atoms with Gasteiger partial charge in [-0.3, -0.25) is 4.90 Å². The molecule has 1 aromatic carbocycles. The maximum Gasteiger partial charge on any atom is 0.123 e. The largest absolute Gasteiger partial charge is 0.488 e. The van der Waals surface area contributed by atoms with Crippen LogP contribution in [0.3, 0.4) is 0 Å². The number of benzene rings is 1. The summed E-state index contributed by atoms with van der Waals surface area (Å²) in [5.41, 5.74) is 1.37. The lowest BCUT2D eigenvalue weighted by Crippen LogP contribution is -2.58. The summed E-state index contributed by atoms with van der Waals surface area (Å²) in [6, 6.07) is 9.80. The van der Waals surface area contributed by atoms with Gasteiger partial charge in [-0.2, -0.15) is 0 Å². The van der Waals surface area contributed by atoms with Gasteiger partial charge in [-0.15, -0.1) is 0 Å². The molecule has 3 rings (SSSR count). The van der Waals surface area contributed by atoms with Gasteiger partial charge >= 0.3 is 0 Å². The summed E-state index contributed by atoms with van der Waals surface area (Å²) in [6.45, 7) is 7.92. The smallest absolute Gasteiger partial charge is 0.123 e. The molecule has 3 unspecified atom stereocenters. The predicted molar refractivity (Wildman–Crippen MR) is 86.9 cm³/mol. The van der Waals surface area contributed by atoms with Crippen molar-refractivity contribution < 1.29 is 4.74 Å². The molecule has 3 heteroatoms. The van der Waals surface area contributed by atoms with E-state index >= 15 is 0 Å². The third-order valence-electron chi connectivity index (χ3n) is 4.88. The molecule has 1 fully saturated rings. The highest BCUT2D eigenvalue weighted by atomic mass is 16.5. The van der Waals surface area contributed by atoms with Crippen molar-refractivity contribution in [3.8, 4) is 5.75 Å². The van der Waals surface area contributed by atoms with Crippen LogP contribution in [0.15, 0.2) is 24.3 Å². The van der Waals surface area contributed by atoms with Crippen LogP contribution in [0.5, 0.6) is 5.75 Å². The number of nitrogens with zero attached hydrogens (tertiary/aromatic N) is 1. The van der Waals surface area contributed by atoms with Crippen LogP contribution < -0.4 is 10.1 Å². The SMILES string of the molecule is CCCC1CNC(CC)CN1CC1Cc2ccccc2O1. The van der Waals surface area contributed by atoms with Crippen molar-refractivity contribution >= 4 is 0 Å². The van der Waals surface area contributed by atoms with Gasteiger partial charge in [0.05, 0.1) is 0 Å². The van der Waals surface area contributed by atoms with E-state index in [0.29, 0.717) is 18.2 Å². The molecule has 1 saturated heterocycles. The van der Waals surface area contributed by atoms with Crippen molar-refractivity contribution in [2.75, 3.05) is 19.6 Å². The molecule has 0 aromatic heterocycles. The first-order chi connectivity index (χ1) is 10.3. The first-order valence-electron chi connectivity index (χ1n) is 8.52. The second kappa shape index (κ2) is 6.80. The number of piperazine rings is 1. The van der Waals surface area contributed by atoms with Gasteiger partial charge in [0.2, 0.25) is 0 Å². The Labute approximate surface area is 128 Å². The molecule has 2 aliphatic heterocycles. The molecule has 0 saturated carbocycles. The van der Waals surface area contributed by atoms with E-state index < -0.39 is 0 Å². The van der Waals surface area contributed by atoms with Crippen molar-refractivity contribution in [1.29, 1.82) is 0 Å². The highest BCUT2D eigenvalue weighted by molar-refractivity contribution is 5.37. The Bertz CT molecular complexity index is 437. The third kappa shape index (κ3) is 3.41. The fourth-order valence-corrected chi connectivity index (χ4v) is 3.66.